The Kier molecular flexibility index (Phi) is 4.91. The second-order valence-electron chi connectivity index (χ2n) is 4.62. The molecule has 3 nitrogen and oxygen atoms in total. The third-order valence-electron chi connectivity index (χ3n) is 3.23. The summed E-state index contributed by atoms with van der Waals surface area (Å²) in [4.78, 5) is 0. The average molecular weight is 284 g/mol. The van der Waals surface area contributed by atoms with Gasteiger partial charge in [0.05, 0.1) is 18.7 Å². The monoisotopic (exact) mass is 284 g/mol. The van der Waals surface area contributed by atoms with Gasteiger partial charge in [-0.15, -0.1) is 0 Å². The van der Waals surface area contributed by atoms with Crippen molar-refractivity contribution < 1.29 is 9.13 Å². The highest BCUT2D eigenvalue weighted by molar-refractivity contribution is 5.73. The van der Waals surface area contributed by atoms with Crippen LogP contribution in [0.3, 0.4) is 0 Å². The quantitative estimate of drug-likeness (QED) is 0.914. The van der Waals surface area contributed by atoms with Crippen LogP contribution in [0.2, 0.25) is 0 Å². The summed E-state index contributed by atoms with van der Waals surface area (Å²) in [5, 5.41) is 12.2. The third-order valence-corrected chi connectivity index (χ3v) is 3.23. The Bertz CT molecular complexity index is 677. The molecule has 0 fully saturated rings. The van der Waals surface area contributed by atoms with E-state index in [1.54, 1.807) is 30.3 Å². The number of nitrogens with one attached hydrogen (secondary N) is 1. The van der Waals surface area contributed by atoms with E-state index in [1.807, 2.05) is 6.92 Å². The summed E-state index contributed by atoms with van der Waals surface area (Å²) in [6, 6.07) is 12.0. The van der Waals surface area contributed by atoms with Crippen molar-refractivity contribution in [2.24, 2.45) is 0 Å². The van der Waals surface area contributed by atoms with E-state index in [1.165, 1.54) is 13.2 Å². The molecule has 0 radical (unpaired) electrons. The second-order valence-corrected chi connectivity index (χ2v) is 4.62. The first-order chi connectivity index (χ1) is 10.2. The maximum absolute atomic E-state index is 14.2. The normalized spacial score (nSPS) is 10.2. The molecule has 2 aromatic rings. The molecular formula is C17H17FN2O. The molecule has 2 aromatic carbocycles. The van der Waals surface area contributed by atoms with Crippen LogP contribution < -0.4 is 10.1 Å². The molecule has 21 heavy (non-hydrogen) atoms. The maximum atomic E-state index is 14.2. The van der Waals surface area contributed by atoms with Crippen molar-refractivity contribution in [3.8, 4) is 22.9 Å². The molecule has 0 atom stereocenters. The number of ether oxygens (including phenoxy) is 1. The van der Waals surface area contributed by atoms with Crippen LogP contribution in [-0.2, 0) is 6.54 Å². The van der Waals surface area contributed by atoms with Crippen LogP contribution in [0.4, 0.5) is 4.39 Å². The summed E-state index contributed by atoms with van der Waals surface area (Å²) in [6.07, 6.45) is 0. The fourth-order valence-corrected chi connectivity index (χ4v) is 2.15. The van der Waals surface area contributed by atoms with Crippen molar-refractivity contribution in [2.45, 2.75) is 13.5 Å². The van der Waals surface area contributed by atoms with Crippen molar-refractivity contribution in [2.75, 3.05) is 13.7 Å². The van der Waals surface area contributed by atoms with Gasteiger partial charge in [0, 0.05) is 17.7 Å². The number of nitriles is 1. The molecule has 1 N–H and O–H groups in total. The first-order valence-electron chi connectivity index (χ1n) is 6.77. The van der Waals surface area contributed by atoms with Gasteiger partial charge in [-0.05, 0) is 42.4 Å². The van der Waals surface area contributed by atoms with Crippen molar-refractivity contribution in [1.29, 1.82) is 5.26 Å². The van der Waals surface area contributed by atoms with Gasteiger partial charge in [0.1, 0.15) is 11.6 Å². The zero-order valence-corrected chi connectivity index (χ0v) is 12.1. The number of rotatable bonds is 5. The molecule has 0 saturated heterocycles. The Hall–Kier alpha value is -2.38. The SMILES string of the molecule is CCNCc1ccc(F)c(-c2cc(C#N)ccc2OC)c1. The molecule has 0 aliphatic heterocycles. The predicted molar refractivity (Wildman–Crippen MR) is 80.5 cm³/mol. The molecule has 0 amide bonds. The van der Waals surface area contributed by atoms with Crippen LogP contribution in [0.25, 0.3) is 11.1 Å². The molecule has 0 aliphatic rings. The lowest BCUT2D eigenvalue weighted by atomic mass is 9.99. The molecule has 108 valence electrons. The molecule has 0 heterocycles. The zero-order valence-electron chi connectivity index (χ0n) is 12.1. The first-order valence-corrected chi connectivity index (χ1v) is 6.77. The summed E-state index contributed by atoms with van der Waals surface area (Å²) in [5.74, 6) is 0.220. The molecular weight excluding hydrogens is 267 g/mol. The summed E-state index contributed by atoms with van der Waals surface area (Å²) in [7, 11) is 1.53. The number of benzene rings is 2. The van der Waals surface area contributed by atoms with Crippen LogP contribution in [0.15, 0.2) is 36.4 Å². The Morgan fingerprint density at radius 2 is 2.00 bits per heavy atom. The highest BCUT2D eigenvalue weighted by Crippen LogP contribution is 2.33. The highest BCUT2D eigenvalue weighted by atomic mass is 19.1. The Morgan fingerprint density at radius 1 is 1.19 bits per heavy atom. The molecule has 0 spiro atoms. The Labute approximate surface area is 124 Å². The van der Waals surface area contributed by atoms with E-state index < -0.39 is 0 Å². The minimum Gasteiger partial charge on any atom is -0.496 e. The van der Waals surface area contributed by atoms with Gasteiger partial charge >= 0.3 is 0 Å². The first kappa shape index (κ1) is 15.0. The van der Waals surface area contributed by atoms with E-state index in [2.05, 4.69) is 11.4 Å². The van der Waals surface area contributed by atoms with Crippen molar-refractivity contribution in [3.63, 3.8) is 0 Å². The van der Waals surface area contributed by atoms with Gasteiger partial charge in [-0.1, -0.05) is 13.0 Å². The van der Waals surface area contributed by atoms with Crippen molar-refractivity contribution >= 4 is 0 Å². The molecule has 0 bridgehead atoms. The van der Waals surface area contributed by atoms with E-state index >= 15 is 0 Å². The molecule has 4 heteroatoms. The lowest BCUT2D eigenvalue weighted by Crippen LogP contribution is -2.11. The Morgan fingerprint density at radius 3 is 2.67 bits per heavy atom. The predicted octanol–water partition coefficient (Wildman–Crippen LogP) is 3.48. The molecule has 0 aromatic heterocycles. The Balaban J connectivity index is 2.52. The standard InChI is InChI=1S/C17H17FN2O/c1-3-20-11-13-4-6-16(18)14(9-13)15-8-12(10-19)5-7-17(15)21-2/h4-9,20H,3,11H2,1-2H3. The third kappa shape index (κ3) is 3.39. The minimum absolute atomic E-state index is 0.330. The summed E-state index contributed by atoms with van der Waals surface area (Å²) < 4.78 is 19.5. The van der Waals surface area contributed by atoms with Crippen LogP contribution in [0.1, 0.15) is 18.1 Å². The lowest BCUT2D eigenvalue weighted by molar-refractivity contribution is 0.416. The summed E-state index contributed by atoms with van der Waals surface area (Å²) in [6.45, 7) is 3.54. The molecule has 2 rings (SSSR count). The van der Waals surface area contributed by atoms with Gasteiger partial charge in [-0.2, -0.15) is 5.26 Å². The molecule has 0 unspecified atom stereocenters. The summed E-state index contributed by atoms with van der Waals surface area (Å²) >= 11 is 0. The zero-order chi connectivity index (χ0) is 15.2. The number of hydrogen-bond acceptors (Lipinski definition) is 3. The number of methoxy groups -OCH3 is 1. The van der Waals surface area contributed by atoms with Crippen molar-refractivity contribution in [1.82, 2.24) is 5.32 Å². The molecule has 0 saturated carbocycles. The second kappa shape index (κ2) is 6.87. The van der Waals surface area contributed by atoms with Gasteiger partial charge in [0.15, 0.2) is 0 Å². The fraction of sp³-hybridized carbons (Fsp3) is 0.235. The van der Waals surface area contributed by atoms with E-state index in [9.17, 15) is 4.39 Å². The van der Waals surface area contributed by atoms with E-state index in [4.69, 9.17) is 10.00 Å². The average Bonchev–Trinajstić information content (AvgIpc) is 2.53. The molecule has 0 aliphatic carbocycles. The largest absolute Gasteiger partial charge is 0.496 e. The lowest BCUT2D eigenvalue weighted by Gasteiger charge is -2.12. The van der Waals surface area contributed by atoms with E-state index in [-0.39, 0.29) is 5.82 Å². The van der Waals surface area contributed by atoms with Crippen LogP contribution in [-0.4, -0.2) is 13.7 Å². The van der Waals surface area contributed by atoms with E-state index in [0.717, 1.165) is 12.1 Å². The van der Waals surface area contributed by atoms with Crippen molar-refractivity contribution in [3.05, 3.63) is 53.3 Å². The van der Waals surface area contributed by atoms with E-state index in [0.29, 0.717) is 29.0 Å². The van der Waals surface area contributed by atoms with Gasteiger partial charge in [0.25, 0.3) is 0 Å². The highest BCUT2D eigenvalue weighted by Gasteiger charge is 2.12. The maximum Gasteiger partial charge on any atom is 0.131 e. The smallest absolute Gasteiger partial charge is 0.131 e. The number of halogens is 1. The number of hydrogen-bond donors (Lipinski definition) is 1. The summed E-state index contributed by atoms with van der Waals surface area (Å²) in [5.41, 5.74) is 2.49. The van der Waals surface area contributed by atoms with Gasteiger partial charge in [-0.25, -0.2) is 4.39 Å². The van der Waals surface area contributed by atoms with Gasteiger partial charge in [-0.3, -0.25) is 0 Å². The topological polar surface area (TPSA) is 45.0 Å². The van der Waals surface area contributed by atoms with Gasteiger partial charge < -0.3 is 10.1 Å². The fourth-order valence-electron chi connectivity index (χ4n) is 2.15. The van der Waals surface area contributed by atoms with Crippen LogP contribution >= 0.6 is 0 Å². The number of nitrogens with zero attached hydrogens (tertiary/aromatic N) is 1. The van der Waals surface area contributed by atoms with Gasteiger partial charge in [0.2, 0.25) is 0 Å². The minimum atomic E-state index is -0.330. The van der Waals surface area contributed by atoms with Crippen LogP contribution in [0.5, 0.6) is 5.75 Å². The van der Waals surface area contributed by atoms with Crippen LogP contribution in [0, 0.1) is 17.1 Å².